The molecule has 9 nitrogen and oxygen atoms in total. The lowest BCUT2D eigenvalue weighted by molar-refractivity contribution is -0.138. The molecule has 0 radical (unpaired) electrons. The van der Waals surface area contributed by atoms with Gasteiger partial charge in [0.1, 0.15) is 24.4 Å². The van der Waals surface area contributed by atoms with E-state index in [4.69, 9.17) is 5.11 Å². The SMILES string of the molecule is C[C@H](Nc1nc(-c2ccc(O)cc2)cs1)C(=O)N[C@@H](Cc1ccccc1)C(=O)NCC(=O)O. The number of hydrogen-bond donors (Lipinski definition) is 5. The third-order valence-electron chi connectivity index (χ3n) is 4.73. The summed E-state index contributed by atoms with van der Waals surface area (Å²) < 4.78 is 0. The lowest BCUT2D eigenvalue weighted by Crippen LogP contribution is -2.52. The molecule has 1 aromatic heterocycles. The fourth-order valence-corrected chi connectivity index (χ4v) is 3.81. The summed E-state index contributed by atoms with van der Waals surface area (Å²) in [5.74, 6) is -2.01. The molecular formula is C23H24N4O5S. The van der Waals surface area contributed by atoms with E-state index in [1.54, 1.807) is 31.2 Å². The number of nitrogens with one attached hydrogen (secondary N) is 3. The van der Waals surface area contributed by atoms with Crippen LogP contribution in [-0.2, 0) is 20.8 Å². The second kappa shape index (κ2) is 11.1. The Bertz CT molecular complexity index is 1100. The summed E-state index contributed by atoms with van der Waals surface area (Å²) in [5, 5.41) is 28.6. The molecule has 5 N–H and O–H groups in total. The zero-order chi connectivity index (χ0) is 23.8. The molecule has 0 saturated heterocycles. The van der Waals surface area contributed by atoms with E-state index < -0.39 is 36.4 Å². The average molecular weight is 469 g/mol. The van der Waals surface area contributed by atoms with Gasteiger partial charge < -0.3 is 26.2 Å². The third kappa shape index (κ3) is 7.04. The number of carbonyl (C=O) groups excluding carboxylic acids is 2. The number of anilines is 1. The topological polar surface area (TPSA) is 141 Å². The van der Waals surface area contributed by atoms with Crippen molar-refractivity contribution in [2.45, 2.75) is 25.4 Å². The Hall–Kier alpha value is -3.92. The van der Waals surface area contributed by atoms with E-state index in [9.17, 15) is 19.5 Å². The number of carbonyl (C=O) groups is 3. The van der Waals surface area contributed by atoms with E-state index >= 15 is 0 Å². The number of aliphatic carboxylic acids is 1. The van der Waals surface area contributed by atoms with Crippen LogP contribution in [0.2, 0.25) is 0 Å². The Balaban J connectivity index is 1.64. The number of carboxylic acids is 1. The van der Waals surface area contributed by atoms with Gasteiger partial charge in [0.25, 0.3) is 0 Å². The van der Waals surface area contributed by atoms with Crippen LogP contribution in [0.3, 0.4) is 0 Å². The van der Waals surface area contributed by atoms with Crippen LogP contribution in [0.25, 0.3) is 11.3 Å². The highest BCUT2D eigenvalue weighted by atomic mass is 32.1. The van der Waals surface area contributed by atoms with E-state index in [0.29, 0.717) is 10.8 Å². The lowest BCUT2D eigenvalue weighted by Gasteiger charge is -2.21. The van der Waals surface area contributed by atoms with Crippen LogP contribution in [0.4, 0.5) is 5.13 Å². The largest absolute Gasteiger partial charge is 0.508 e. The summed E-state index contributed by atoms with van der Waals surface area (Å²) in [5.41, 5.74) is 2.35. The Kier molecular flexibility index (Phi) is 7.98. The van der Waals surface area contributed by atoms with Crippen LogP contribution in [0.1, 0.15) is 12.5 Å². The van der Waals surface area contributed by atoms with Crippen molar-refractivity contribution in [3.8, 4) is 17.0 Å². The van der Waals surface area contributed by atoms with Gasteiger partial charge in [-0.3, -0.25) is 14.4 Å². The molecule has 3 aromatic rings. The Morgan fingerprint density at radius 2 is 1.73 bits per heavy atom. The van der Waals surface area contributed by atoms with Crippen LogP contribution in [-0.4, -0.2) is 51.6 Å². The molecule has 10 heteroatoms. The van der Waals surface area contributed by atoms with Crippen molar-refractivity contribution in [3.05, 3.63) is 65.5 Å². The summed E-state index contributed by atoms with van der Waals surface area (Å²) in [6.45, 7) is 1.11. The Morgan fingerprint density at radius 1 is 1.03 bits per heavy atom. The van der Waals surface area contributed by atoms with Gasteiger partial charge in [-0.15, -0.1) is 11.3 Å². The number of hydrogen-bond acceptors (Lipinski definition) is 7. The molecule has 33 heavy (non-hydrogen) atoms. The number of phenolic OH excluding ortho intramolecular Hbond substituents is 1. The molecule has 0 bridgehead atoms. The number of benzene rings is 2. The highest BCUT2D eigenvalue weighted by molar-refractivity contribution is 7.14. The van der Waals surface area contributed by atoms with E-state index in [0.717, 1.165) is 11.1 Å². The van der Waals surface area contributed by atoms with E-state index in [1.165, 1.54) is 11.3 Å². The maximum Gasteiger partial charge on any atom is 0.322 e. The van der Waals surface area contributed by atoms with E-state index in [2.05, 4.69) is 20.9 Å². The van der Waals surface area contributed by atoms with Gasteiger partial charge in [-0.2, -0.15) is 0 Å². The number of aromatic nitrogens is 1. The summed E-state index contributed by atoms with van der Waals surface area (Å²) in [7, 11) is 0. The predicted molar refractivity (Wildman–Crippen MR) is 125 cm³/mol. The quantitative estimate of drug-likeness (QED) is 0.307. The van der Waals surface area contributed by atoms with E-state index in [-0.39, 0.29) is 12.2 Å². The zero-order valence-electron chi connectivity index (χ0n) is 17.8. The van der Waals surface area contributed by atoms with Crippen molar-refractivity contribution in [2.75, 3.05) is 11.9 Å². The maximum atomic E-state index is 12.8. The Labute approximate surface area is 194 Å². The first-order chi connectivity index (χ1) is 15.8. The van der Waals surface area contributed by atoms with Crippen molar-refractivity contribution < 1.29 is 24.6 Å². The molecule has 0 aliphatic rings. The van der Waals surface area contributed by atoms with Crippen molar-refractivity contribution >= 4 is 34.3 Å². The van der Waals surface area contributed by atoms with Crippen LogP contribution in [0, 0.1) is 0 Å². The molecule has 3 rings (SSSR count). The standard InChI is InChI=1S/C23H24N4O5S/c1-14(25-23-27-19(13-33-23)16-7-9-17(28)10-8-16)21(31)26-18(22(32)24-12-20(29)30)11-15-5-3-2-4-6-15/h2-10,13-14,18,28H,11-12H2,1H3,(H,24,32)(H,25,27)(H,26,31)(H,29,30)/t14-,18-/m0/s1. The molecule has 0 unspecified atom stereocenters. The second-order valence-corrected chi connectivity index (χ2v) is 8.17. The summed E-state index contributed by atoms with van der Waals surface area (Å²) >= 11 is 1.32. The number of nitrogens with zero attached hydrogens (tertiary/aromatic N) is 1. The summed E-state index contributed by atoms with van der Waals surface area (Å²) in [6.07, 6.45) is 0.215. The van der Waals surface area contributed by atoms with Gasteiger partial charge in [0, 0.05) is 17.4 Å². The number of carboxylic acid groups (broad SMARTS) is 1. The molecule has 0 fully saturated rings. The monoisotopic (exact) mass is 468 g/mol. The van der Waals surface area contributed by atoms with Gasteiger partial charge in [0.15, 0.2) is 5.13 Å². The van der Waals surface area contributed by atoms with Crippen LogP contribution in [0.5, 0.6) is 5.75 Å². The van der Waals surface area contributed by atoms with Gasteiger partial charge in [0.05, 0.1) is 5.69 Å². The Morgan fingerprint density at radius 3 is 2.39 bits per heavy atom. The minimum Gasteiger partial charge on any atom is -0.508 e. The summed E-state index contributed by atoms with van der Waals surface area (Å²) in [4.78, 5) is 40.6. The van der Waals surface area contributed by atoms with Crippen LogP contribution < -0.4 is 16.0 Å². The summed E-state index contributed by atoms with van der Waals surface area (Å²) in [6, 6.07) is 14.1. The van der Waals surface area contributed by atoms with Crippen LogP contribution in [0.15, 0.2) is 60.0 Å². The molecular weight excluding hydrogens is 444 g/mol. The van der Waals surface area contributed by atoms with Gasteiger partial charge in [0.2, 0.25) is 11.8 Å². The minimum atomic E-state index is -1.17. The fraction of sp³-hybridized carbons (Fsp3) is 0.217. The van der Waals surface area contributed by atoms with Crippen molar-refractivity contribution in [2.24, 2.45) is 0 Å². The van der Waals surface area contributed by atoms with Gasteiger partial charge in [-0.25, -0.2) is 4.98 Å². The number of thiazole rings is 1. The smallest absolute Gasteiger partial charge is 0.322 e. The average Bonchev–Trinajstić information content (AvgIpc) is 3.26. The molecule has 0 aliphatic carbocycles. The van der Waals surface area contributed by atoms with Gasteiger partial charge >= 0.3 is 5.97 Å². The molecule has 0 spiro atoms. The molecule has 2 amide bonds. The molecule has 1 heterocycles. The minimum absolute atomic E-state index is 0.162. The molecule has 2 atom stereocenters. The fourth-order valence-electron chi connectivity index (χ4n) is 3.00. The molecule has 2 aromatic carbocycles. The molecule has 0 aliphatic heterocycles. The van der Waals surface area contributed by atoms with Gasteiger partial charge in [-0.1, -0.05) is 30.3 Å². The maximum absolute atomic E-state index is 12.8. The first-order valence-electron chi connectivity index (χ1n) is 10.2. The van der Waals surface area contributed by atoms with Crippen molar-refractivity contribution in [1.29, 1.82) is 0 Å². The molecule has 0 saturated carbocycles. The lowest BCUT2D eigenvalue weighted by atomic mass is 10.0. The van der Waals surface area contributed by atoms with E-state index in [1.807, 2.05) is 35.7 Å². The van der Waals surface area contributed by atoms with Crippen molar-refractivity contribution in [3.63, 3.8) is 0 Å². The van der Waals surface area contributed by atoms with Crippen LogP contribution >= 0.6 is 11.3 Å². The first-order valence-corrected chi connectivity index (χ1v) is 11.0. The molecule has 172 valence electrons. The highest BCUT2D eigenvalue weighted by Gasteiger charge is 2.24. The number of rotatable bonds is 10. The van der Waals surface area contributed by atoms with Crippen molar-refractivity contribution in [1.82, 2.24) is 15.6 Å². The zero-order valence-corrected chi connectivity index (χ0v) is 18.6. The third-order valence-corrected chi connectivity index (χ3v) is 5.50. The highest BCUT2D eigenvalue weighted by Crippen LogP contribution is 2.26. The number of aromatic hydroxyl groups is 1. The number of phenols is 1. The predicted octanol–water partition coefficient (Wildman–Crippen LogP) is 2.24. The first kappa shape index (κ1) is 23.7. The second-order valence-electron chi connectivity index (χ2n) is 7.31. The number of amides is 2. The normalized spacial score (nSPS) is 12.4. The van der Waals surface area contributed by atoms with Gasteiger partial charge in [-0.05, 0) is 36.8 Å².